The minimum Gasteiger partial charge on any atom is -0.399 e. The van der Waals surface area contributed by atoms with E-state index in [0.29, 0.717) is 6.61 Å². The van der Waals surface area contributed by atoms with Gasteiger partial charge in [-0.2, -0.15) is 0 Å². The largest absolute Gasteiger partial charge is 0.494 e. The Morgan fingerprint density at radius 3 is 2.50 bits per heavy atom. The van der Waals surface area contributed by atoms with Crippen LogP contribution >= 0.6 is 0 Å². The summed E-state index contributed by atoms with van der Waals surface area (Å²) in [5.41, 5.74) is 2.75. The van der Waals surface area contributed by atoms with Crippen LogP contribution in [0.4, 0.5) is 5.69 Å². The molecule has 20 heavy (non-hydrogen) atoms. The lowest BCUT2D eigenvalue weighted by molar-refractivity contribution is 0.00578. The molecule has 4 nitrogen and oxygen atoms in total. The Kier molecular flexibility index (Phi) is 3.31. The standard InChI is InChI=1S/C15H22BNO3/c1-14(2)15(3,4)20-16(19-14)12-6-5-11-10-18-8-7-17-13(11)9-12/h5-6,9,17H,7-8,10H2,1-4H3. The summed E-state index contributed by atoms with van der Waals surface area (Å²) < 4.78 is 17.7. The summed E-state index contributed by atoms with van der Waals surface area (Å²) in [6.45, 7) is 10.5. The minimum absolute atomic E-state index is 0.305. The Labute approximate surface area is 120 Å². The van der Waals surface area contributed by atoms with Crippen molar-refractivity contribution in [1.82, 2.24) is 0 Å². The number of anilines is 1. The molecule has 0 bridgehead atoms. The monoisotopic (exact) mass is 275 g/mol. The number of benzene rings is 1. The van der Waals surface area contributed by atoms with E-state index in [1.807, 2.05) is 0 Å². The number of fused-ring (bicyclic) bond motifs is 1. The van der Waals surface area contributed by atoms with Gasteiger partial charge in [0.1, 0.15) is 0 Å². The van der Waals surface area contributed by atoms with Crippen LogP contribution in [0.3, 0.4) is 0 Å². The first-order valence-corrected chi connectivity index (χ1v) is 7.19. The molecular weight excluding hydrogens is 253 g/mol. The van der Waals surface area contributed by atoms with Gasteiger partial charge < -0.3 is 19.4 Å². The second kappa shape index (κ2) is 4.76. The maximum Gasteiger partial charge on any atom is 0.494 e. The quantitative estimate of drug-likeness (QED) is 0.795. The molecule has 0 aliphatic carbocycles. The van der Waals surface area contributed by atoms with Crippen LogP contribution in [0.1, 0.15) is 33.3 Å². The van der Waals surface area contributed by atoms with Crippen LogP contribution in [-0.2, 0) is 20.7 Å². The smallest absolute Gasteiger partial charge is 0.399 e. The third-order valence-electron chi connectivity index (χ3n) is 4.48. The molecule has 108 valence electrons. The summed E-state index contributed by atoms with van der Waals surface area (Å²) in [7, 11) is -0.309. The van der Waals surface area contributed by atoms with Crippen molar-refractivity contribution in [2.45, 2.75) is 45.5 Å². The second-order valence-electron chi connectivity index (χ2n) is 6.48. The zero-order valence-electron chi connectivity index (χ0n) is 12.7. The molecular formula is C15H22BNO3. The first-order chi connectivity index (χ1) is 9.39. The SMILES string of the molecule is CC1(C)OB(c2ccc3c(c2)NCCOC3)OC1(C)C. The molecule has 2 aliphatic rings. The lowest BCUT2D eigenvalue weighted by Crippen LogP contribution is -2.41. The van der Waals surface area contributed by atoms with Crippen molar-refractivity contribution in [3.63, 3.8) is 0 Å². The Morgan fingerprint density at radius 2 is 1.80 bits per heavy atom. The fourth-order valence-electron chi connectivity index (χ4n) is 2.45. The third kappa shape index (κ3) is 2.34. The van der Waals surface area contributed by atoms with Crippen LogP contribution < -0.4 is 10.8 Å². The van der Waals surface area contributed by atoms with Gasteiger partial charge in [0.25, 0.3) is 0 Å². The van der Waals surface area contributed by atoms with E-state index in [2.05, 4.69) is 51.2 Å². The summed E-state index contributed by atoms with van der Waals surface area (Å²) in [5.74, 6) is 0. The highest BCUT2D eigenvalue weighted by Gasteiger charge is 2.51. The molecule has 2 heterocycles. The molecule has 1 fully saturated rings. The maximum atomic E-state index is 6.09. The van der Waals surface area contributed by atoms with Gasteiger partial charge in [0.15, 0.2) is 0 Å². The molecule has 0 atom stereocenters. The van der Waals surface area contributed by atoms with Crippen molar-refractivity contribution < 1.29 is 14.0 Å². The number of rotatable bonds is 1. The lowest BCUT2D eigenvalue weighted by Gasteiger charge is -2.32. The minimum atomic E-state index is -0.309. The van der Waals surface area contributed by atoms with Crippen LogP contribution in [0.5, 0.6) is 0 Å². The van der Waals surface area contributed by atoms with Gasteiger partial charge in [-0.25, -0.2) is 0 Å². The molecule has 0 unspecified atom stereocenters. The van der Waals surface area contributed by atoms with E-state index in [0.717, 1.165) is 24.3 Å². The van der Waals surface area contributed by atoms with E-state index in [1.54, 1.807) is 0 Å². The molecule has 3 rings (SSSR count). The fraction of sp³-hybridized carbons (Fsp3) is 0.600. The lowest BCUT2D eigenvalue weighted by atomic mass is 9.78. The highest BCUT2D eigenvalue weighted by Crippen LogP contribution is 2.36. The summed E-state index contributed by atoms with van der Waals surface area (Å²) >= 11 is 0. The first kappa shape index (κ1) is 13.9. The zero-order chi connectivity index (χ0) is 14.4. The molecule has 0 amide bonds. The Hall–Kier alpha value is -1.04. The average molecular weight is 275 g/mol. The third-order valence-corrected chi connectivity index (χ3v) is 4.48. The van der Waals surface area contributed by atoms with Gasteiger partial charge in [-0.3, -0.25) is 0 Å². The summed E-state index contributed by atoms with van der Waals surface area (Å²) in [5, 5.41) is 3.39. The predicted molar refractivity (Wildman–Crippen MR) is 80.3 cm³/mol. The van der Waals surface area contributed by atoms with Crippen LogP contribution in [0.15, 0.2) is 18.2 Å². The molecule has 0 saturated carbocycles. The Morgan fingerprint density at radius 1 is 1.10 bits per heavy atom. The van der Waals surface area contributed by atoms with Gasteiger partial charge in [0, 0.05) is 17.8 Å². The molecule has 5 heteroatoms. The van der Waals surface area contributed by atoms with E-state index in [4.69, 9.17) is 14.0 Å². The van der Waals surface area contributed by atoms with E-state index in [9.17, 15) is 0 Å². The van der Waals surface area contributed by atoms with Crippen molar-refractivity contribution in [2.75, 3.05) is 18.5 Å². The Balaban J connectivity index is 1.87. The second-order valence-corrected chi connectivity index (χ2v) is 6.48. The van der Waals surface area contributed by atoms with E-state index in [-0.39, 0.29) is 18.3 Å². The molecule has 1 saturated heterocycles. The number of ether oxygens (including phenoxy) is 1. The van der Waals surface area contributed by atoms with Gasteiger partial charge in [0.2, 0.25) is 0 Å². The van der Waals surface area contributed by atoms with Crippen molar-refractivity contribution in [3.05, 3.63) is 23.8 Å². The topological polar surface area (TPSA) is 39.7 Å². The van der Waals surface area contributed by atoms with Gasteiger partial charge >= 0.3 is 7.12 Å². The average Bonchev–Trinajstić information content (AvgIpc) is 2.56. The van der Waals surface area contributed by atoms with Gasteiger partial charge in [-0.1, -0.05) is 12.1 Å². The summed E-state index contributed by atoms with van der Waals surface area (Å²) in [6, 6.07) is 6.28. The highest BCUT2D eigenvalue weighted by atomic mass is 16.7. The highest BCUT2D eigenvalue weighted by molar-refractivity contribution is 6.62. The van der Waals surface area contributed by atoms with Crippen LogP contribution in [0.2, 0.25) is 0 Å². The van der Waals surface area contributed by atoms with Crippen molar-refractivity contribution in [2.24, 2.45) is 0 Å². The van der Waals surface area contributed by atoms with E-state index in [1.165, 1.54) is 5.56 Å². The molecule has 1 aromatic carbocycles. The fourth-order valence-corrected chi connectivity index (χ4v) is 2.45. The number of hydrogen-bond donors (Lipinski definition) is 1. The van der Waals surface area contributed by atoms with Crippen LogP contribution in [0, 0.1) is 0 Å². The summed E-state index contributed by atoms with van der Waals surface area (Å²) in [4.78, 5) is 0. The zero-order valence-corrected chi connectivity index (χ0v) is 12.7. The van der Waals surface area contributed by atoms with E-state index < -0.39 is 0 Å². The van der Waals surface area contributed by atoms with Crippen molar-refractivity contribution in [3.8, 4) is 0 Å². The molecule has 2 aliphatic heterocycles. The van der Waals surface area contributed by atoms with Crippen LogP contribution in [-0.4, -0.2) is 31.5 Å². The van der Waals surface area contributed by atoms with Gasteiger partial charge in [-0.05, 0) is 39.2 Å². The predicted octanol–water partition coefficient (Wildman–Crippen LogP) is 1.93. The van der Waals surface area contributed by atoms with Crippen molar-refractivity contribution in [1.29, 1.82) is 0 Å². The molecule has 0 aromatic heterocycles. The molecule has 0 spiro atoms. The maximum absolute atomic E-state index is 6.09. The van der Waals surface area contributed by atoms with Crippen molar-refractivity contribution >= 4 is 18.3 Å². The van der Waals surface area contributed by atoms with Crippen LogP contribution in [0.25, 0.3) is 0 Å². The Bertz CT molecular complexity index is 500. The summed E-state index contributed by atoms with van der Waals surface area (Å²) in [6.07, 6.45) is 0. The van der Waals surface area contributed by atoms with Gasteiger partial charge in [0.05, 0.1) is 24.4 Å². The number of hydrogen-bond acceptors (Lipinski definition) is 4. The molecule has 0 radical (unpaired) electrons. The van der Waals surface area contributed by atoms with E-state index >= 15 is 0 Å². The first-order valence-electron chi connectivity index (χ1n) is 7.19. The molecule has 1 aromatic rings. The van der Waals surface area contributed by atoms with Gasteiger partial charge in [-0.15, -0.1) is 0 Å². The number of nitrogens with one attached hydrogen (secondary N) is 1. The molecule has 1 N–H and O–H groups in total. The normalized spacial score (nSPS) is 23.9.